The van der Waals surface area contributed by atoms with Crippen LogP contribution in [0.25, 0.3) is 0 Å². The number of aryl methyl sites for hydroxylation is 1. The molecule has 12 heavy (non-hydrogen) atoms. The number of carbonyl (C=O) groups excluding carboxylic acids is 1. The average molecular weight is 227 g/mol. The molecule has 0 aromatic heterocycles. The van der Waals surface area contributed by atoms with Gasteiger partial charge in [0.2, 0.25) is 0 Å². The summed E-state index contributed by atoms with van der Waals surface area (Å²) in [6.07, 6.45) is 0.946. The highest BCUT2D eigenvalue weighted by Gasteiger charge is 2.02. The molecule has 0 radical (unpaired) electrons. The van der Waals surface area contributed by atoms with Crippen LogP contribution in [0.4, 0.5) is 0 Å². The van der Waals surface area contributed by atoms with Crippen molar-refractivity contribution in [3.63, 3.8) is 0 Å². The fraction of sp³-hybridized carbons (Fsp3) is 0.300. The minimum absolute atomic E-state index is 0.122. The maximum Gasteiger partial charge on any atom is 0.159 e. The van der Waals surface area contributed by atoms with E-state index in [1.54, 1.807) is 6.92 Å². The molecule has 0 atom stereocenters. The van der Waals surface area contributed by atoms with E-state index in [0.717, 1.165) is 16.5 Å². The molecule has 0 saturated heterocycles. The van der Waals surface area contributed by atoms with Crippen molar-refractivity contribution in [1.29, 1.82) is 0 Å². The van der Waals surface area contributed by atoms with Crippen LogP contribution in [-0.2, 0) is 6.42 Å². The zero-order valence-electron chi connectivity index (χ0n) is 7.23. The van der Waals surface area contributed by atoms with Gasteiger partial charge in [0.05, 0.1) is 0 Å². The number of benzene rings is 1. The van der Waals surface area contributed by atoms with Gasteiger partial charge in [-0.3, -0.25) is 4.79 Å². The molecule has 0 unspecified atom stereocenters. The first-order chi connectivity index (χ1) is 5.65. The zero-order chi connectivity index (χ0) is 9.14. The van der Waals surface area contributed by atoms with Crippen molar-refractivity contribution >= 4 is 21.7 Å². The molecule has 0 N–H and O–H groups in total. The van der Waals surface area contributed by atoms with Gasteiger partial charge in [0.15, 0.2) is 5.78 Å². The Morgan fingerprint density at radius 2 is 2.17 bits per heavy atom. The molecule has 2 heteroatoms. The van der Waals surface area contributed by atoms with Gasteiger partial charge in [0, 0.05) is 10.0 Å². The van der Waals surface area contributed by atoms with Crippen LogP contribution >= 0.6 is 15.9 Å². The number of ketones is 1. The lowest BCUT2D eigenvalue weighted by Gasteiger charge is -2.02. The number of Topliss-reactive ketones (excluding diaryl/α,β-unsaturated/α-hetero) is 1. The summed E-state index contributed by atoms with van der Waals surface area (Å²) in [7, 11) is 0. The lowest BCUT2D eigenvalue weighted by molar-refractivity contribution is 0.101. The fourth-order valence-electron chi connectivity index (χ4n) is 1.06. The number of rotatable bonds is 2. The summed E-state index contributed by atoms with van der Waals surface area (Å²) in [6, 6.07) is 5.70. The smallest absolute Gasteiger partial charge is 0.159 e. The van der Waals surface area contributed by atoms with Crippen LogP contribution in [0.5, 0.6) is 0 Å². The van der Waals surface area contributed by atoms with Crippen molar-refractivity contribution in [3.05, 3.63) is 33.8 Å². The molecule has 1 rings (SSSR count). The third-order valence-electron chi connectivity index (χ3n) is 1.83. The van der Waals surface area contributed by atoms with Gasteiger partial charge in [-0.15, -0.1) is 0 Å². The maximum atomic E-state index is 11.0. The number of hydrogen-bond acceptors (Lipinski definition) is 1. The summed E-state index contributed by atoms with van der Waals surface area (Å²) >= 11 is 3.43. The van der Waals surface area contributed by atoms with Gasteiger partial charge >= 0.3 is 0 Å². The second-order valence-electron chi connectivity index (χ2n) is 2.72. The first-order valence-corrected chi connectivity index (χ1v) is 4.73. The molecule has 64 valence electrons. The van der Waals surface area contributed by atoms with E-state index in [1.165, 1.54) is 5.56 Å². The molecule has 0 spiro atoms. The predicted molar refractivity (Wildman–Crippen MR) is 53.5 cm³/mol. The van der Waals surface area contributed by atoms with Gasteiger partial charge in [-0.2, -0.15) is 0 Å². The van der Waals surface area contributed by atoms with Crippen LogP contribution in [0, 0.1) is 0 Å². The molecule has 0 aliphatic heterocycles. The van der Waals surface area contributed by atoms with Crippen LogP contribution in [-0.4, -0.2) is 5.78 Å². The lowest BCUT2D eigenvalue weighted by Crippen LogP contribution is -1.93. The normalized spacial score (nSPS) is 9.92. The van der Waals surface area contributed by atoms with Gasteiger partial charge in [0.1, 0.15) is 0 Å². The van der Waals surface area contributed by atoms with Crippen LogP contribution < -0.4 is 0 Å². The molecule has 1 aromatic rings. The number of halogens is 1. The van der Waals surface area contributed by atoms with E-state index >= 15 is 0 Å². The van der Waals surface area contributed by atoms with Crippen LogP contribution in [0.2, 0.25) is 0 Å². The minimum Gasteiger partial charge on any atom is -0.295 e. The molecular weight excluding hydrogens is 216 g/mol. The first-order valence-electron chi connectivity index (χ1n) is 3.94. The highest BCUT2D eigenvalue weighted by atomic mass is 79.9. The Labute approximate surface area is 80.9 Å². The van der Waals surface area contributed by atoms with Gasteiger partial charge in [-0.25, -0.2) is 0 Å². The van der Waals surface area contributed by atoms with Gasteiger partial charge < -0.3 is 0 Å². The molecule has 1 nitrogen and oxygen atoms in total. The molecule has 1 aromatic carbocycles. The van der Waals surface area contributed by atoms with Crippen molar-refractivity contribution in [1.82, 2.24) is 0 Å². The predicted octanol–water partition coefficient (Wildman–Crippen LogP) is 3.21. The van der Waals surface area contributed by atoms with E-state index in [2.05, 4.69) is 22.9 Å². The van der Waals surface area contributed by atoms with E-state index < -0.39 is 0 Å². The highest BCUT2D eigenvalue weighted by molar-refractivity contribution is 9.10. The molecule has 0 saturated carbocycles. The first kappa shape index (κ1) is 9.46. The van der Waals surface area contributed by atoms with E-state index in [0.29, 0.717) is 0 Å². The second-order valence-corrected chi connectivity index (χ2v) is 3.57. The van der Waals surface area contributed by atoms with Crippen LogP contribution in [0.1, 0.15) is 29.8 Å². The second kappa shape index (κ2) is 3.85. The SMILES string of the molecule is CCc1cc(C(C)=O)ccc1Br. The molecule has 0 fully saturated rings. The van der Waals surface area contributed by atoms with Gasteiger partial charge in [-0.05, 0) is 31.0 Å². The van der Waals surface area contributed by atoms with Gasteiger partial charge in [0.25, 0.3) is 0 Å². The van der Waals surface area contributed by atoms with Crippen molar-refractivity contribution < 1.29 is 4.79 Å². The van der Waals surface area contributed by atoms with Crippen molar-refractivity contribution in [3.8, 4) is 0 Å². The Bertz CT molecular complexity index is 305. The Hall–Kier alpha value is -0.630. The van der Waals surface area contributed by atoms with Crippen molar-refractivity contribution in [2.24, 2.45) is 0 Å². The summed E-state index contributed by atoms with van der Waals surface area (Å²) in [5.41, 5.74) is 1.97. The van der Waals surface area contributed by atoms with E-state index in [4.69, 9.17) is 0 Å². The highest BCUT2D eigenvalue weighted by Crippen LogP contribution is 2.18. The van der Waals surface area contributed by atoms with Crippen LogP contribution in [0.15, 0.2) is 22.7 Å². The van der Waals surface area contributed by atoms with Crippen LogP contribution in [0.3, 0.4) is 0 Å². The van der Waals surface area contributed by atoms with Gasteiger partial charge in [-0.1, -0.05) is 28.9 Å². The summed E-state index contributed by atoms with van der Waals surface area (Å²) in [6.45, 7) is 3.66. The lowest BCUT2D eigenvalue weighted by atomic mass is 10.1. The Balaban J connectivity index is 3.13. The number of hydrogen-bond donors (Lipinski definition) is 0. The topological polar surface area (TPSA) is 17.1 Å². The third kappa shape index (κ3) is 1.95. The average Bonchev–Trinajstić information content (AvgIpc) is 2.05. The Morgan fingerprint density at radius 3 is 2.67 bits per heavy atom. The quantitative estimate of drug-likeness (QED) is 0.709. The molecule has 0 amide bonds. The molecular formula is C10H11BrO. The molecule has 0 heterocycles. The molecule has 0 bridgehead atoms. The summed E-state index contributed by atoms with van der Waals surface area (Å²) < 4.78 is 1.08. The monoisotopic (exact) mass is 226 g/mol. The molecule has 0 aliphatic carbocycles. The maximum absolute atomic E-state index is 11.0. The molecule has 0 aliphatic rings. The third-order valence-corrected chi connectivity index (χ3v) is 2.61. The standard InChI is InChI=1S/C10H11BrO/c1-3-8-6-9(7(2)12)4-5-10(8)11/h4-6H,3H2,1-2H3. The summed E-state index contributed by atoms with van der Waals surface area (Å²) in [5, 5.41) is 0. The minimum atomic E-state index is 0.122. The van der Waals surface area contributed by atoms with E-state index in [9.17, 15) is 4.79 Å². The largest absolute Gasteiger partial charge is 0.295 e. The Kier molecular flexibility index (Phi) is 3.04. The van der Waals surface area contributed by atoms with Crippen molar-refractivity contribution in [2.75, 3.05) is 0 Å². The van der Waals surface area contributed by atoms with Crippen molar-refractivity contribution in [2.45, 2.75) is 20.3 Å². The van der Waals surface area contributed by atoms with E-state index in [1.807, 2.05) is 18.2 Å². The Morgan fingerprint density at radius 1 is 1.50 bits per heavy atom. The zero-order valence-corrected chi connectivity index (χ0v) is 8.81. The number of carbonyl (C=O) groups is 1. The summed E-state index contributed by atoms with van der Waals surface area (Å²) in [4.78, 5) is 11.0. The van der Waals surface area contributed by atoms with E-state index in [-0.39, 0.29) is 5.78 Å². The fourth-order valence-corrected chi connectivity index (χ4v) is 1.59. The summed E-state index contributed by atoms with van der Waals surface area (Å²) in [5.74, 6) is 0.122.